The minimum Gasteiger partial charge on any atom is -0.388 e. The van der Waals surface area contributed by atoms with Gasteiger partial charge in [0, 0.05) is 12.8 Å². The fourth-order valence-electron chi connectivity index (χ4n) is 1.48. The van der Waals surface area contributed by atoms with Crippen LogP contribution in [0.1, 0.15) is 44.3 Å². The van der Waals surface area contributed by atoms with Gasteiger partial charge in [-0.2, -0.15) is 0 Å². The maximum atomic E-state index is 11.4. The number of rotatable bonds is 6. The number of hydrogen-bond acceptors (Lipinski definition) is 2. The fourth-order valence-corrected chi connectivity index (χ4v) is 1.48. The van der Waals surface area contributed by atoms with E-state index >= 15 is 0 Å². The molecule has 1 N–H and O–H groups in total. The Morgan fingerprint density at radius 1 is 1.33 bits per heavy atom. The van der Waals surface area contributed by atoms with Crippen LogP contribution in [0.5, 0.6) is 0 Å². The van der Waals surface area contributed by atoms with Crippen molar-refractivity contribution in [3.05, 3.63) is 35.9 Å². The molecule has 1 atom stereocenters. The lowest BCUT2D eigenvalue weighted by atomic mass is 10.0. The molecule has 0 amide bonds. The van der Waals surface area contributed by atoms with Crippen LogP contribution in [0.4, 0.5) is 0 Å². The van der Waals surface area contributed by atoms with Crippen LogP contribution in [0.25, 0.3) is 0 Å². The summed E-state index contributed by atoms with van der Waals surface area (Å²) < 4.78 is 0. The van der Waals surface area contributed by atoms with Gasteiger partial charge in [0.2, 0.25) is 0 Å². The summed E-state index contributed by atoms with van der Waals surface area (Å²) in [6.07, 6.45) is 2.12. The number of unbranched alkanes of at least 4 members (excludes halogenated alkanes) is 1. The predicted molar refractivity (Wildman–Crippen MR) is 60.6 cm³/mol. The number of carbonyl (C=O) groups is 1. The van der Waals surface area contributed by atoms with Gasteiger partial charge in [0.15, 0.2) is 0 Å². The Morgan fingerprint density at radius 2 is 2.00 bits per heavy atom. The van der Waals surface area contributed by atoms with Gasteiger partial charge >= 0.3 is 0 Å². The van der Waals surface area contributed by atoms with Gasteiger partial charge in [-0.05, 0) is 12.0 Å². The first-order valence-corrected chi connectivity index (χ1v) is 5.48. The number of benzene rings is 1. The summed E-state index contributed by atoms with van der Waals surface area (Å²) in [6.45, 7) is 2.06. The van der Waals surface area contributed by atoms with E-state index in [4.69, 9.17) is 0 Å². The maximum Gasteiger partial charge on any atom is 0.135 e. The summed E-state index contributed by atoms with van der Waals surface area (Å²) in [4.78, 5) is 11.4. The van der Waals surface area contributed by atoms with E-state index in [1.165, 1.54) is 0 Å². The Kier molecular flexibility index (Phi) is 5.05. The Hall–Kier alpha value is -1.15. The quantitative estimate of drug-likeness (QED) is 0.777. The zero-order chi connectivity index (χ0) is 11.1. The highest BCUT2D eigenvalue weighted by Gasteiger charge is 2.11. The van der Waals surface area contributed by atoms with Crippen molar-refractivity contribution in [2.75, 3.05) is 0 Å². The maximum absolute atomic E-state index is 11.4. The van der Waals surface area contributed by atoms with Crippen LogP contribution < -0.4 is 0 Å². The average Bonchev–Trinajstić information content (AvgIpc) is 2.27. The van der Waals surface area contributed by atoms with E-state index in [0.29, 0.717) is 6.42 Å². The molecule has 1 aromatic rings. The molecule has 82 valence electrons. The number of ketones is 1. The number of hydrogen-bond donors (Lipinski definition) is 1. The highest BCUT2D eigenvalue weighted by molar-refractivity contribution is 5.78. The molecule has 0 heterocycles. The van der Waals surface area contributed by atoms with Crippen LogP contribution in [-0.4, -0.2) is 10.9 Å². The van der Waals surface area contributed by atoms with Crippen LogP contribution in [0.3, 0.4) is 0 Å². The van der Waals surface area contributed by atoms with E-state index in [1.807, 2.05) is 30.3 Å². The number of aliphatic hydroxyl groups excluding tert-OH is 1. The van der Waals surface area contributed by atoms with Gasteiger partial charge in [0.1, 0.15) is 5.78 Å². The van der Waals surface area contributed by atoms with Gasteiger partial charge in [-0.3, -0.25) is 4.79 Å². The lowest BCUT2D eigenvalue weighted by Crippen LogP contribution is -2.06. The van der Waals surface area contributed by atoms with Gasteiger partial charge in [0.25, 0.3) is 0 Å². The lowest BCUT2D eigenvalue weighted by molar-refractivity contribution is -0.121. The molecule has 0 saturated heterocycles. The van der Waals surface area contributed by atoms with E-state index in [0.717, 1.165) is 18.4 Å². The van der Waals surface area contributed by atoms with E-state index in [1.54, 1.807) is 0 Å². The molecule has 1 unspecified atom stereocenters. The summed E-state index contributed by atoms with van der Waals surface area (Å²) in [6, 6.07) is 9.33. The molecule has 0 radical (unpaired) electrons. The van der Waals surface area contributed by atoms with Gasteiger partial charge in [-0.15, -0.1) is 0 Å². The van der Waals surface area contributed by atoms with Gasteiger partial charge in [0.05, 0.1) is 6.10 Å². The van der Waals surface area contributed by atoms with Crippen LogP contribution in [0, 0.1) is 0 Å². The second-order valence-electron chi connectivity index (χ2n) is 3.77. The SMILES string of the molecule is CCCCC(=O)CC(O)c1ccccc1. The summed E-state index contributed by atoms with van der Waals surface area (Å²) in [7, 11) is 0. The molecular formula is C13H18O2. The van der Waals surface area contributed by atoms with Crippen LogP contribution in [0.15, 0.2) is 30.3 Å². The first-order chi connectivity index (χ1) is 7.24. The molecular weight excluding hydrogens is 188 g/mol. The third-order valence-electron chi connectivity index (χ3n) is 2.41. The lowest BCUT2D eigenvalue weighted by Gasteiger charge is -2.09. The second kappa shape index (κ2) is 6.36. The van der Waals surface area contributed by atoms with Gasteiger partial charge in [-0.1, -0.05) is 43.7 Å². The number of Topliss-reactive ketones (excluding diaryl/α,β-unsaturated/α-hetero) is 1. The number of aliphatic hydroxyl groups is 1. The van der Waals surface area contributed by atoms with Gasteiger partial charge < -0.3 is 5.11 Å². The number of carbonyl (C=O) groups excluding carboxylic acids is 1. The molecule has 0 fully saturated rings. The smallest absolute Gasteiger partial charge is 0.135 e. The zero-order valence-electron chi connectivity index (χ0n) is 9.15. The minimum atomic E-state index is -0.643. The van der Waals surface area contributed by atoms with Crippen LogP contribution in [0.2, 0.25) is 0 Å². The largest absolute Gasteiger partial charge is 0.388 e. The van der Waals surface area contributed by atoms with Crippen molar-refractivity contribution in [2.45, 2.75) is 38.7 Å². The third-order valence-corrected chi connectivity index (χ3v) is 2.41. The first kappa shape index (κ1) is 11.9. The molecule has 0 aliphatic heterocycles. The third kappa shape index (κ3) is 4.26. The Balaban J connectivity index is 2.42. The Morgan fingerprint density at radius 3 is 2.60 bits per heavy atom. The molecule has 0 bridgehead atoms. The molecule has 0 aliphatic rings. The topological polar surface area (TPSA) is 37.3 Å². The second-order valence-corrected chi connectivity index (χ2v) is 3.77. The van der Waals surface area contributed by atoms with Crippen molar-refractivity contribution in [3.63, 3.8) is 0 Å². The van der Waals surface area contributed by atoms with Crippen LogP contribution >= 0.6 is 0 Å². The minimum absolute atomic E-state index is 0.146. The van der Waals surface area contributed by atoms with Crippen molar-refractivity contribution < 1.29 is 9.90 Å². The molecule has 0 saturated carbocycles. The summed E-state index contributed by atoms with van der Waals surface area (Å²) >= 11 is 0. The average molecular weight is 206 g/mol. The van der Waals surface area contributed by atoms with Crippen LogP contribution in [-0.2, 0) is 4.79 Å². The highest BCUT2D eigenvalue weighted by Crippen LogP contribution is 2.17. The Labute approximate surface area is 90.9 Å². The standard InChI is InChI=1S/C13H18O2/c1-2-3-9-12(14)10-13(15)11-7-5-4-6-8-11/h4-8,13,15H,2-3,9-10H2,1H3. The monoisotopic (exact) mass is 206 g/mol. The summed E-state index contributed by atoms with van der Waals surface area (Å²) in [5, 5.41) is 9.77. The summed E-state index contributed by atoms with van der Waals surface area (Å²) in [5.41, 5.74) is 0.822. The molecule has 1 aromatic carbocycles. The van der Waals surface area contributed by atoms with E-state index in [2.05, 4.69) is 6.92 Å². The molecule has 0 aliphatic carbocycles. The van der Waals surface area contributed by atoms with E-state index < -0.39 is 6.10 Å². The van der Waals surface area contributed by atoms with E-state index in [-0.39, 0.29) is 12.2 Å². The first-order valence-electron chi connectivity index (χ1n) is 5.48. The molecule has 2 nitrogen and oxygen atoms in total. The molecule has 0 aromatic heterocycles. The molecule has 1 rings (SSSR count). The van der Waals surface area contributed by atoms with Crippen molar-refractivity contribution in [2.24, 2.45) is 0 Å². The summed E-state index contributed by atoms with van der Waals surface area (Å²) in [5.74, 6) is 0.146. The van der Waals surface area contributed by atoms with Gasteiger partial charge in [-0.25, -0.2) is 0 Å². The van der Waals surface area contributed by atoms with Crippen molar-refractivity contribution in [3.8, 4) is 0 Å². The molecule has 15 heavy (non-hydrogen) atoms. The normalized spacial score (nSPS) is 12.4. The zero-order valence-corrected chi connectivity index (χ0v) is 9.15. The van der Waals surface area contributed by atoms with Crippen molar-refractivity contribution in [1.29, 1.82) is 0 Å². The fraction of sp³-hybridized carbons (Fsp3) is 0.462. The molecule has 0 spiro atoms. The highest BCUT2D eigenvalue weighted by atomic mass is 16.3. The Bertz CT molecular complexity index is 293. The van der Waals surface area contributed by atoms with E-state index in [9.17, 15) is 9.90 Å². The van der Waals surface area contributed by atoms with Crippen molar-refractivity contribution >= 4 is 5.78 Å². The molecule has 2 heteroatoms. The van der Waals surface area contributed by atoms with Crippen molar-refractivity contribution in [1.82, 2.24) is 0 Å². The predicted octanol–water partition coefficient (Wildman–Crippen LogP) is 2.87.